The molecule has 0 spiro atoms. The Balaban J connectivity index is 3.34. The highest BCUT2D eigenvalue weighted by Crippen LogP contribution is 2.27. The van der Waals surface area contributed by atoms with Crippen molar-refractivity contribution in [1.82, 2.24) is 4.98 Å². The highest BCUT2D eigenvalue weighted by atomic mass is 127. The second kappa shape index (κ2) is 5.32. The predicted octanol–water partition coefficient (Wildman–Crippen LogP) is 2.15. The van der Waals surface area contributed by atoms with Crippen molar-refractivity contribution in [2.45, 2.75) is 19.4 Å². The molecule has 0 fully saturated rings. The van der Waals surface area contributed by atoms with E-state index in [2.05, 4.69) is 4.98 Å². The Hall–Kier alpha value is -0.810. The third-order valence-electron chi connectivity index (χ3n) is 1.87. The summed E-state index contributed by atoms with van der Waals surface area (Å²) >= 11 is 1.91. The van der Waals surface area contributed by atoms with Crippen LogP contribution in [0.4, 0.5) is 8.78 Å². The van der Waals surface area contributed by atoms with Crippen molar-refractivity contribution in [3.8, 4) is 6.07 Å². The Kier molecular flexibility index (Phi) is 4.35. The summed E-state index contributed by atoms with van der Waals surface area (Å²) in [4.78, 5) is 3.93. The molecule has 0 aliphatic heterocycles. The number of halogens is 3. The van der Waals surface area contributed by atoms with Gasteiger partial charge in [-0.15, -0.1) is 0 Å². The van der Waals surface area contributed by atoms with E-state index in [9.17, 15) is 8.78 Å². The largest absolute Gasteiger partial charge is 0.325 e. The molecule has 0 aliphatic rings. The average molecular weight is 323 g/mol. The van der Waals surface area contributed by atoms with Crippen LogP contribution in [0.25, 0.3) is 0 Å². The molecular formula is C9H8F2IN3. The van der Waals surface area contributed by atoms with Crippen LogP contribution < -0.4 is 5.73 Å². The number of rotatable bonds is 3. The molecular weight excluding hydrogens is 315 g/mol. The van der Waals surface area contributed by atoms with Gasteiger partial charge in [0.1, 0.15) is 3.70 Å². The summed E-state index contributed by atoms with van der Waals surface area (Å²) in [5, 5.41) is 8.53. The van der Waals surface area contributed by atoms with Crippen LogP contribution in [0.2, 0.25) is 0 Å². The summed E-state index contributed by atoms with van der Waals surface area (Å²) < 4.78 is 26.0. The van der Waals surface area contributed by atoms with Crippen LogP contribution in [0.5, 0.6) is 0 Å². The molecule has 0 radical (unpaired) electrons. The lowest BCUT2D eigenvalue weighted by Crippen LogP contribution is -2.09. The van der Waals surface area contributed by atoms with Crippen molar-refractivity contribution in [3.05, 3.63) is 26.6 Å². The van der Waals surface area contributed by atoms with E-state index in [1.807, 2.05) is 28.7 Å². The fraction of sp³-hybridized carbons (Fsp3) is 0.333. The molecule has 0 aliphatic carbocycles. The standard InChI is InChI=1S/C9H8F2IN3/c10-9(11)8-5(1-2-13)3-7(12)15-6(8)4-14/h3,9H,1,4,14H2. The first-order valence-electron chi connectivity index (χ1n) is 4.13. The van der Waals surface area contributed by atoms with Crippen LogP contribution in [-0.2, 0) is 13.0 Å². The molecule has 1 rings (SSSR count). The molecule has 1 aromatic heterocycles. The quantitative estimate of drug-likeness (QED) is 0.685. The first kappa shape index (κ1) is 12.3. The summed E-state index contributed by atoms with van der Waals surface area (Å²) in [6.07, 6.45) is -2.69. The minimum absolute atomic E-state index is 0.0467. The Bertz CT molecular complexity index is 401. The molecule has 0 unspecified atom stereocenters. The number of hydrogen-bond acceptors (Lipinski definition) is 3. The lowest BCUT2D eigenvalue weighted by Gasteiger charge is -2.11. The van der Waals surface area contributed by atoms with Gasteiger partial charge in [-0.2, -0.15) is 5.26 Å². The van der Waals surface area contributed by atoms with Gasteiger partial charge in [-0.3, -0.25) is 0 Å². The van der Waals surface area contributed by atoms with Crippen molar-refractivity contribution in [2.24, 2.45) is 5.73 Å². The summed E-state index contributed by atoms with van der Waals surface area (Å²) in [6.45, 7) is -0.0467. The lowest BCUT2D eigenvalue weighted by atomic mass is 10.0. The van der Waals surface area contributed by atoms with Gasteiger partial charge in [-0.05, 0) is 34.2 Å². The first-order chi connectivity index (χ1) is 7.10. The van der Waals surface area contributed by atoms with Crippen molar-refractivity contribution in [2.75, 3.05) is 0 Å². The fourth-order valence-corrected chi connectivity index (χ4v) is 1.95. The third kappa shape index (κ3) is 2.82. The Morgan fingerprint density at radius 3 is 2.73 bits per heavy atom. The SMILES string of the molecule is N#CCc1cc(I)nc(CN)c1C(F)F. The monoisotopic (exact) mass is 323 g/mol. The Morgan fingerprint density at radius 1 is 1.60 bits per heavy atom. The van der Waals surface area contributed by atoms with Crippen molar-refractivity contribution in [1.29, 1.82) is 5.26 Å². The topological polar surface area (TPSA) is 62.7 Å². The highest BCUT2D eigenvalue weighted by molar-refractivity contribution is 14.1. The van der Waals surface area contributed by atoms with E-state index in [0.717, 1.165) is 0 Å². The molecule has 0 bridgehead atoms. The molecule has 0 aromatic carbocycles. The lowest BCUT2D eigenvalue weighted by molar-refractivity contribution is 0.148. The number of nitrogens with two attached hydrogens (primary N) is 1. The molecule has 0 saturated heterocycles. The third-order valence-corrected chi connectivity index (χ3v) is 2.43. The van der Waals surface area contributed by atoms with E-state index in [4.69, 9.17) is 11.0 Å². The smallest absolute Gasteiger partial charge is 0.265 e. The summed E-state index contributed by atoms with van der Waals surface area (Å²) in [5.74, 6) is 0. The maximum atomic E-state index is 12.7. The molecule has 80 valence electrons. The maximum absolute atomic E-state index is 12.7. The highest BCUT2D eigenvalue weighted by Gasteiger charge is 2.19. The van der Waals surface area contributed by atoms with Gasteiger partial charge in [0.05, 0.1) is 18.2 Å². The summed E-state index contributed by atoms with van der Waals surface area (Å²) in [7, 11) is 0. The normalized spacial score (nSPS) is 10.4. The molecule has 1 aromatic rings. The van der Waals surface area contributed by atoms with E-state index in [-0.39, 0.29) is 24.2 Å². The van der Waals surface area contributed by atoms with E-state index >= 15 is 0 Å². The minimum Gasteiger partial charge on any atom is -0.325 e. The van der Waals surface area contributed by atoms with E-state index in [1.165, 1.54) is 6.07 Å². The predicted molar refractivity (Wildman–Crippen MR) is 59.1 cm³/mol. The van der Waals surface area contributed by atoms with Gasteiger partial charge in [0.2, 0.25) is 0 Å². The number of aromatic nitrogens is 1. The van der Waals surface area contributed by atoms with E-state index in [0.29, 0.717) is 9.26 Å². The van der Waals surface area contributed by atoms with Crippen molar-refractivity contribution in [3.63, 3.8) is 0 Å². The Morgan fingerprint density at radius 2 is 2.27 bits per heavy atom. The van der Waals surface area contributed by atoms with Gasteiger partial charge in [-0.1, -0.05) is 0 Å². The van der Waals surface area contributed by atoms with Crippen LogP contribution >= 0.6 is 22.6 Å². The van der Waals surface area contributed by atoms with Crippen LogP contribution in [-0.4, -0.2) is 4.98 Å². The Labute approximate surface area is 99.4 Å². The molecule has 3 nitrogen and oxygen atoms in total. The number of alkyl halides is 2. The van der Waals surface area contributed by atoms with Crippen LogP contribution in [0.1, 0.15) is 23.2 Å². The summed E-state index contributed by atoms with van der Waals surface area (Å²) in [6, 6.07) is 3.34. The van der Waals surface area contributed by atoms with E-state index < -0.39 is 6.43 Å². The number of pyridine rings is 1. The average Bonchev–Trinajstić information content (AvgIpc) is 2.16. The zero-order valence-electron chi connectivity index (χ0n) is 7.67. The minimum atomic E-state index is -2.64. The number of nitriles is 1. The van der Waals surface area contributed by atoms with Crippen molar-refractivity contribution >= 4 is 22.6 Å². The molecule has 1 heterocycles. The van der Waals surface area contributed by atoms with Gasteiger partial charge in [0, 0.05) is 12.1 Å². The van der Waals surface area contributed by atoms with Gasteiger partial charge in [0.25, 0.3) is 6.43 Å². The first-order valence-corrected chi connectivity index (χ1v) is 5.21. The second-order valence-electron chi connectivity index (χ2n) is 2.80. The van der Waals surface area contributed by atoms with Gasteiger partial charge in [-0.25, -0.2) is 13.8 Å². The van der Waals surface area contributed by atoms with Gasteiger partial charge < -0.3 is 5.73 Å². The van der Waals surface area contributed by atoms with Crippen molar-refractivity contribution < 1.29 is 8.78 Å². The van der Waals surface area contributed by atoms with Crippen LogP contribution in [0.15, 0.2) is 6.07 Å². The summed E-state index contributed by atoms with van der Waals surface area (Å²) in [5.41, 5.74) is 5.63. The molecule has 6 heteroatoms. The maximum Gasteiger partial charge on any atom is 0.265 e. The number of nitrogens with zero attached hydrogens (tertiary/aromatic N) is 2. The molecule has 15 heavy (non-hydrogen) atoms. The zero-order chi connectivity index (χ0) is 11.4. The zero-order valence-corrected chi connectivity index (χ0v) is 9.83. The fourth-order valence-electron chi connectivity index (χ4n) is 1.28. The molecule has 0 atom stereocenters. The van der Waals surface area contributed by atoms with E-state index in [1.54, 1.807) is 0 Å². The molecule has 0 amide bonds. The van der Waals surface area contributed by atoms with Crippen LogP contribution in [0, 0.1) is 15.0 Å². The number of hydrogen-bond donors (Lipinski definition) is 1. The second-order valence-corrected chi connectivity index (χ2v) is 3.91. The molecule has 0 saturated carbocycles. The van der Waals surface area contributed by atoms with Gasteiger partial charge in [0.15, 0.2) is 0 Å². The van der Waals surface area contributed by atoms with Crippen LogP contribution in [0.3, 0.4) is 0 Å². The molecule has 2 N–H and O–H groups in total. The van der Waals surface area contributed by atoms with Gasteiger partial charge >= 0.3 is 0 Å².